The van der Waals surface area contributed by atoms with Crippen molar-refractivity contribution >= 4 is 5.91 Å². The van der Waals surface area contributed by atoms with Crippen molar-refractivity contribution in [3.63, 3.8) is 0 Å². The van der Waals surface area contributed by atoms with Gasteiger partial charge < -0.3 is 4.74 Å². The number of hydrogen-bond acceptors (Lipinski definition) is 3. The molecule has 0 fully saturated rings. The summed E-state index contributed by atoms with van der Waals surface area (Å²) in [6.07, 6.45) is 0.858. The highest BCUT2D eigenvalue weighted by Crippen LogP contribution is 2.14. The van der Waals surface area contributed by atoms with E-state index in [0.717, 1.165) is 0 Å². The molecule has 0 aromatic rings. The van der Waals surface area contributed by atoms with Crippen molar-refractivity contribution in [3.05, 3.63) is 11.5 Å². The number of ether oxygens (including phenoxy) is 1. The van der Waals surface area contributed by atoms with Crippen LogP contribution in [0.2, 0.25) is 0 Å². The van der Waals surface area contributed by atoms with Crippen LogP contribution in [-0.4, -0.2) is 12.5 Å². The van der Waals surface area contributed by atoms with Crippen LogP contribution in [0.4, 0.5) is 0 Å². The highest BCUT2D eigenvalue weighted by Gasteiger charge is 2.18. The Balaban J connectivity index is 2.78. The Kier molecular flexibility index (Phi) is 2.70. The van der Waals surface area contributed by atoms with Gasteiger partial charge >= 0.3 is 0 Å². The van der Waals surface area contributed by atoms with Crippen LogP contribution in [0, 0.1) is 11.3 Å². The van der Waals surface area contributed by atoms with Crippen LogP contribution < -0.4 is 5.32 Å². The van der Waals surface area contributed by atoms with Gasteiger partial charge in [-0.3, -0.25) is 10.1 Å². The molecule has 12 heavy (non-hydrogen) atoms. The standard InChI is InChI=1S/C8H10N2O2/c1-2-12-8-6(5-9)3-4-7(11)10-8/h2-4H2,1H3,(H,10,11). The lowest BCUT2D eigenvalue weighted by atomic mass is 10.1. The molecule has 64 valence electrons. The maximum absolute atomic E-state index is 10.9. The summed E-state index contributed by atoms with van der Waals surface area (Å²) in [5, 5.41) is 11.1. The van der Waals surface area contributed by atoms with Crippen LogP contribution in [0.25, 0.3) is 0 Å². The highest BCUT2D eigenvalue weighted by molar-refractivity contribution is 5.79. The van der Waals surface area contributed by atoms with Gasteiger partial charge in [-0.1, -0.05) is 0 Å². The summed E-state index contributed by atoms with van der Waals surface area (Å²) in [6, 6.07) is 2.00. The normalized spacial score (nSPS) is 16.8. The number of allylic oxidation sites excluding steroid dienone is 1. The molecule has 0 aliphatic carbocycles. The molecule has 1 rings (SSSR count). The molecule has 1 amide bonds. The van der Waals surface area contributed by atoms with Gasteiger partial charge in [0, 0.05) is 6.42 Å². The maximum Gasteiger partial charge on any atom is 0.227 e. The van der Waals surface area contributed by atoms with E-state index >= 15 is 0 Å². The Morgan fingerprint density at radius 3 is 3.00 bits per heavy atom. The molecule has 4 nitrogen and oxygen atoms in total. The van der Waals surface area contributed by atoms with Crippen LogP contribution in [0.5, 0.6) is 0 Å². The quantitative estimate of drug-likeness (QED) is 0.655. The van der Waals surface area contributed by atoms with Gasteiger partial charge in [-0.15, -0.1) is 0 Å². The Morgan fingerprint density at radius 2 is 2.42 bits per heavy atom. The molecular formula is C8H10N2O2. The van der Waals surface area contributed by atoms with Crippen molar-refractivity contribution in [1.82, 2.24) is 5.32 Å². The van der Waals surface area contributed by atoms with E-state index in [1.807, 2.05) is 13.0 Å². The van der Waals surface area contributed by atoms with Crippen LogP contribution in [-0.2, 0) is 9.53 Å². The topological polar surface area (TPSA) is 62.1 Å². The van der Waals surface area contributed by atoms with Crippen molar-refractivity contribution in [2.24, 2.45) is 0 Å². The van der Waals surface area contributed by atoms with Gasteiger partial charge in [-0.05, 0) is 13.3 Å². The summed E-state index contributed by atoms with van der Waals surface area (Å²) in [6.45, 7) is 2.27. The fourth-order valence-corrected chi connectivity index (χ4v) is 0.991. The van der Waals surface area contributed by atoms with E-state index < -0.39 is 0 Å². The minimum absolute atomic E-state index is 0.0857. The van der Waals surface area contributed by atoms with E-state index in [1.54, 1.807) is 0 Å². The molecule has 1 aliphatic rings. The van der Waals surface area contributed by atoms with E-state index in [1.165, 1.54) is 0 Å². The fraction of sp³-hybridized carbons (Fsp3) is 0.500. The molecule has 0 spiro atoms. The first-order valence-electron chi connectivity index (χ1n) is 3.83. The number of carbonyl (C=O) groups excluding carboxylic acids is 1. The van der Waals surface area contributed by atoms with Crippen LogP contribution in [0.1, 0.15) is 19.8 Å². The molecule has 1 N–H and O–H groups in total. The fourth-order valence-electron chi connectivity index (χ4n) is 0.991. The average molecular weight is 166 g/mol. The van der Waals surface area contributed by atoms with E-state index in [0.29, 0.717) is 30.9 Å². The Bertz CT molecular complexity index is 263. The van der Waals surface area contributed by atoms with Gasteiger partial charge in [0.2, 0.25) is 11.8 Å². The van der Waals surface area contributed by atoms with Crippen molar-refractivity contribution in [1.29, 1.82) is 5.26 Å². The Morgan fingerprint density at radius 1 is 1.67 bits per heavy atom. The van der Waals surface area contributed by atoms with Gasteiger partial charge in [0.05, 0.1) is 12.2 Å². The van der Waals surface area contributed by atoms with Crippen molar-refractivity contribution in [2.75, 3.05) is 6.61 Å². The molecule has 0 aromatic carbocycles. The smallest absolute Gasteiger partial charge is 0.227 e. The second kappa shape index (κ2) is 3.77. The largest absolute Gasteiger partial charge is 0.479 e. The highest BCUT2D eigenvalue weighted by atomic mass is 16.5. The third-order valence-electron chi connectivity index (χ3n) is 1.55. The lowest BCUT2D eigenvalue weighted by molar-refractivity contribution is -0.121. The minimum atomic E-state index is -0.0857. The summed E-state index contributed by atoms with van der Waals surface area (Å²) < 4.78 is 5.08. The molecule has 1 aliphatic heterocycles. The second-order valence-corrected chi connectivity index (χ2v) is 2.40. The van der Waals surface area contributed by atoms with E-state index in [4.69, 9.17) is 10.00 Å². The van der Waals surface area contributed by atoms with Gasteiger partial charge in [0.25, 0.3) is 0 Å². The maximum atomic E-state index is 10.9. The zero-order valence-electron chi connectivity index (χ0n) is 6.89. The Hall–Kier alpha value is -1.50. The van der Waals surface area contributed by atoms with Gasteiger partial charge in [-0.25, -0.2) is 0 Å². The summed E-state index contributed by atoms with van der Waals surface area (Å²) >= 11 is 0. The number of rotatable bonds is 2. The first-order chi connectivity index (χ1) is 5.77. The van der Waals surface area contributed by atoms with Gasteiger partial charge in [-0.2, -0.15) is 5.26 Å². The van der Waals surface area contributed by atoms with Crippen molar-refractivity contribution in [3.8, 4) is 6.07 Å². The first kappa shape index (κ1) is 8.60. The summed E-state index contributed by atoms with van der Waals surface area (Å²) in [5.41, 5.74) is 0.524. The molecule has 0 saturated heterocycles. The lowest BCUT2D eigenvalue weighted by Crippen LogP contribution is -2.29. The third-order valence-corrected chi connectivity index (χ3v) is 1.55. The summed E-state index contributed by atoms with van der Waals surface area (Å²) in [4.78, 5) is 10.9. The van der Waals surface area contributed by atoms with Crippen LogP contribution in [0.15, 0.2) is 11.5 Å². The molecular weight excluding hydrogens is 156 g/mol. The molecule has 0 saturated carbocycles. The average Bonchev–Trinajstić information content (AvgIpc) is 2.05. The number of nitrogens with zero attached hydrogens (tertiary/aromatic N) is 1. The molecule has 4 heteroatoms. The first-order valence-corrected chi connectivity index (χ1v) is 3.83. The van der Waals surface area contributed by atoms with Crippen molar-refractivity contribution < 1.29 is 9.53 Å². The molecule has 0 atom stereocenters. The third kappa shape index (κ3) is 1.76. The van der Waals surface area contributed by atoms with Crippen LogP contribution in [0.3, 0.4) is 0 Å². The number of amides is 1. The molecule has 0 aromatic heterocycles. The second-order valence-electron chi connectivity index (χ2n) is 2.40. The SMILES string of the molecule is CCOC1=C(C#N)CCC(=O)N1. The summed E-state index contributed by atoms with van der Waals surface area (Å²) in [7, 11) is 0. The monoisotopic (exact) mass is 166 g/mol. The zero-order valence-corrected chi connectivity index (χ0v) is 6.89. The Labute approximate surface area is 70.8 Å². The molecule has 1 heterocycles. The lowest BCUT2D eigenvalue weighted by Gasteiger charge is -2.16. The molecule has 0 bridgehead atoms. The van der Waals surface area contributed by atoms with E-state index in [9.17, 15) is 4.79 Å². The number of nitriles is 1. The predicted octanol–water partition coefficient (Wildman–Crippen LogP) is 0.668. The van der Waals surface area contributed by atoms with Crippen LogP contribution >= 0.6 is 0 Å². The number of nitrogens with one attached hydrogen (secondary N) is 1. The summed E-state index contributed by atoms with van der Waals surface area (Å²) in [5.74, 6) is 0.244. The predicted molar refractivity (Wildman–Crippen MR) is 41.6 cm³/mol. The number of carbonyl (C=O) groups is 1. The number of hydrogen-bond donors (Lipinski definition) is 1. The zero-order chi connectivity index (χ0) is 8.97. The molecule has 0 unspecified atom stereocenters. The van der Waals surface area contributed by atoms with E-state index in [2.05, 4.69) is 5.32 Å². The molecule has 0 radical (unpaired) electrons. The van der Waals surface area contributed by atoms with Crippen molar-refractivity contribution in [2.45, 2.75) is 19.8 Å². The van der Waals surface area contributed by atoms with Gasteiger partial charge in [0.1, 0.15) is 6.07 Å². The minimum Gasteiger partial charge on any atom is -0.479 e. The van der Waals surface area contributed by atoms with E-state index in [-0.39, 0.29) is 5.91 Å². The van der Waals surface area contributed by atoms with Gasteiger partial charge in [0.15, 0.2) is 0 Å².